The van der Waals surface area contributed by atoms with Crippen molar-refractivity contribution in [3.8, 4) is 23.3 Å². The molecule has 0 spiro atoms. The second-order valence-electron chi connectivity index (χ2n) is 7.62. The molecule has 35 heavy (non-hydrogen) atoms. The molecule has 1 aromatic carbocycles. The van der Waals surface area contributed by atoms with Crippen LogP contribution in [0.4, 0.5) is 17.6 Å². The van der Waals surface area contributed by atoms with E-state index in [1.54, 1.807) is 11.6 Å². The third kappa shape index (κ3) is 4.45. The number of aryl methyl sites for hydroxylation is 1. The molecule has 1 N–H and O–H groups in total. The Balaban J connectivity index is 1.90. The van der Waals surface area contributed by atoms with Gasteiger partial charge >= 0.3 is 6.18 Å². The van der Waals surface area contributed by atoms with Gasteiger partial charge in [0.15, 0.2) is 5.82 Å². The van der Waals surface area contributed by atoms with Crippen LogP contribution < -0.4 is 4.72 Å². The molecule has 0 radical (unpaired) electrons. The number of nitrogens with one attached hydrogen (secondary N) is 1. The van der Waals surface area contributed by atoms with Crippen LogP contribution in [0.15, 0.2) is 53.9 Å². The van der Waals surface area contributed by atoms with Gasteiger partial charge < -0.3 is 0 Å². The van der Waals surface area contributed by atoms with Crippen LogP contribution in [0.1, 0.15) is 18.1 Å². The summed E-state index contributed by atoms with van der Waals surface area (Å²) in [6.07, 6.45) is 0.394. The highest BCUT2D eigenvalue weighted by Crippen LogP contribution is 2.36. The Morgan fingerprint density at radius 2 is 1.89 bits per heavy atom. The maximum absolute atomic E-state index is 14.4. The van der Waals surface area contributed by atoms with Gasteiger partial charge in [0.1, 0.15) is 22.8 Å². The number of sulfonamides is 1. The highest BCUT2D eigenvalue weighted by molar-refractivity contribution is 7.89. The summed E-state index contributed by atoms with van der Waals surface area (Å²) in [5.74, 6) is -0.240. The van der Waals surface area contributed by atoms with Crippen molar-refractivity contribution in [2.45, 2.75) is 31.0 Å². The number of nitriles is 1. The summed E-state index contributed by atoms with van der Waals surface area (Å²) in [6, 6.07) is 4.78. The molecule has 3 aromatic heterocycles. The first kappa shape index (κ1) is 24.2. The van der Waals surface area contributed by atoms with E-state index in [1.165, 1.54) is 41.4 Å². The summed E-state index contributed by atoms with van der Waals surface area (Å²) in [5, 5.41) is 10.2. The van der Waals surface area contributed by atoms with Gasteiger partial charge in [-0.1, -0.05) is 0 Å². The van der Waals surface area contributed by atoms with Crippen molar-refractivity contribution in [3.05, 3.63) is 66.0 Å². The highest BCUT2D eigenvalue weighted by Gasteiger charge is 2.39. The number of halogens is 4. The minimum absolute atomic E-state index is 0.0523. The minimum Gasteiger partial charge on any atom is -0.290 e. The van der Waals surface area contributed by atoms with Crippen molar-refractivity contribution >= 4 is 20.9 Å². The number of aromatic nitrogens is 4. The summed E-state index contributed by atoms with van der Waals surface area (Å²) >= 11 is 0. The number of hydrogen-bond acceptors (Lipinski definition) is 6. The molecule has 0 aliphatic carbocycles. The van der Waals surface area contributed by atoms with Gasteiger partial charge in [0, 0.05) is 24.0 Å². The average Bonchev–Trinajstić information content (AvgIpc) is 3.12. The van der Waals surface area contributed by atoms with E-state index in [-0.39, 0.29) is 22.3 Å². The van der Waals surface area contributed by atoms with Crippen LogP contribution in [0.3, 0.4) is 0 Å². The Morgan fingerprint density at radius 3 is 2.46 bits per heavy atom. The smallest absolute Gasteiger partial charge is 0.290 e. The number of rotatable bonds is 5. The van der Waals surface area contributed by atoms with Crippen LogP contribution in [0, 0.1) is 24.1 Å². The van der Waals surface area contributed by atoms with Gasteiger partial charge in [-0.15, -0.1) is 0 Å². The summed E-state index contributed by atoms with van der Waals surface area (Å²) in [4.78, 5) is 11.9. The monoisotopic (exact) mass is 504 g/mol. The van der Waals surface area contributed by atoms with Crippen molar-refractivity contribution in [1.82, 2.24) is 24.2 Å². The Labute approximate surface area is 196 Å². The van der Waals surface area contributed by atoms with Crippen molar-refractivity contribution in [2.75, 3.05) is 0 Å². The van der Waals surface area contributed by atoms with E-state index in [2.05, 4.69) is 15.0 Å². The van der Waals surface area contributed by atoms with Gasteiger partial charge in [-0.05, 0) is 43.7 Å². The molecule has 0 amide bonds. The Hall–Kier alpha value is -3.89. The zero-order chi connectivity index (χ0) is 25.5. The second kappa shape index (κ2) is 8.71. The van der Waals surface area contributed by atoms with E-state index in [0.29, 0.717) is 23.8 Å². The topological polar surface area (TPSA) is 114 Å². The molecule has 180 valence electrons. The standard InChI is InChI=1S/C22H16F4N6O2S/c1-12-7-19-15(8-17(12)23)16(9-27)21(32(19)20-11-28-5-6-29-20)18-4-3-14(10-30-18)35(33,34)31-13(2)22(24,25)26/h3-8,10-11,13,31H,1-2H3/t13-/m0/s1. The molecule has 13 heteroatoms. The molecule has 0 unspecified atom stereocenters. The van der Waals surface area contributed by atoms with Crippen molar-refractivity contribution in [3.63, 3.8) is 0 Å². The van der Waals surface area contributed by atoms with Gasteiger partial charge in [-0.25, -0.2) is 17.8 Å². The zero-order valence-corrected chi connectivity index (χ0v) is 19.0. The molecule has 0 bridgehead atoms. The molecule has 0 saturated heterocycles. The fourth-order valence-corrected chi connectivity index (χ4v) is 4.63. The number of pyridine rings is 1. The molecular formula is C22H16F4N6O2S. The molecule has 1 atom stereocenters. The minimum atomic E-state index is -4.77. The van der Waals surface area contributed by atoms with E-state index < -0.39 is 33.0 Å². The maximum atomic E-state index is 14.4. The third-order valence-corrected chi connectivity index (χ3v) is 6.78. The lowest BCUT2D eigenvalue weighted by molar-refractivity contribution is -0.147. The second-order valence-corrected chi connectivity index (χ2v) is 9.33. The predicted molar refractivity (Wildman–Crippen MR) is 117 cm³/mol. The van der Waals surface area contributed by atoms with E-state index in [0.717, 1.165) is 12.3 Å². The van der Waals surface area contributed by atoms with E-state index in [9.17, 15) is 31.2 Å². The first-order valence-electron chi connectivity index (χ1n) is 10.0. The van der Waals surface area contributed by atoms with Crippen LogP contribution in [-0.2, 0) is 10.0 Å². The van der Waals surface area contributed by atoms with Crippen molar-refractivity contribution in [1.29, 1.82) is 5.26 Å². The number of benzene rings is 1. The predicted octanol–water partition coefficient (Wildman–Crippen LogP) is 4.03. The number of nitrogens with zero attached hydrogens (tertiary/aromatic N) is 5. The maximum Gasteiger partial charge on any atom is 0.404 e. The molecule has 0 fully saturated rings. The van der Waals surface area contributed by atoms with Crippen LogP contribution in [0.2, 0.25) is 0 Å². The molecule has 0 aliphatic rings. The van der Waals surface area contributed by atoms with Crippen molar-refractivity contribution in [2.24, 2.45) is 0 Å². The first-order valence-corrected chi connectivity index (χ1v) is 11.5. The molecule has 4 rings (SSSR count). The molecular weight excluding hydrogens is 488 g/mol. The zero-order valence-electron chi connectivity index (χ0n) is 18.2. The van der Waals surface area contributed by atoms with Crippen LogP contribution in [-0.4, -0.2) is 40.2 Å². The Bertz CT molecular complexity index is 1560. The molecule has 0 saturated carbocycles. The summed E-state index contributed by atoms with van der Waals surface area (Å²) in [6.45, 7) is 2.24. The van der Waals surface area contributed by atoms with Gasteiger partial charge in [-0.2, -0.15) is 23.2 Å². The van der Waals surface area contributed by atoms with E-state index >= 15 is 0 Å². The van der Waals surface area contributed by atoms with Gasteiger partial charge in [0.05, 0.1) is 28.7 Å². The number of alkyl halides is 3. The fourth-order valence-electron chi connectivity index (χ4n) is 3.46. The molecule has 8 nitrogen and oxygen atoms in total. The van der Waals surface area contributed by atoms with Crippen LogP contribution in [0.25, 0.3) is 28.1 Å². The van der Waals surface area contributed by atoms with Crippen LogP contribution in [0.5, 0.6) is 0 Å². The lowest BCUT2D eigenvalue weighted by atomic mass is 10.1. The normalized spacial score (nSPS) is 13.1. The van der Waals surface area contributed by atoms with E-state index in [1.807, 2.05) is 6.07 Å². The summed E-state index contributed by atoms with van der Waals surface area (Å²) in [7, 11) is -4.53. The Morgan fingerprint density at radius 1 is 1.14 bits per heavy atom. The quantitative estimate of drug-likeness (QED) is 0.411. The van der Waals surface area contributed by atoms with Gasteiger partial charge in [0.2, 0.25) is 10.0 Å². The molecule has 4 aromatic rings. The van der Waals surface area contributed by atoms with Gasteiger partial charge in [-0.3, -0.25) is 14.5 Å². The first-order chi connectivity index (χ1) is 16.4. The SMILES string of the molecule is Cc1cc2c(cc1F)c(C#N)c(-c1ccc(S(=O)(=O)N[C@@H](C)C(F)(F)F)cn1)n2-c1cnccn1. The Kier molecular flexibility index (Phi) is 6.04. The number of fused-ring (bicyclic) bond motifs is 1. The molecule has 3 heterocycles. The highest BCUT2D eigenvalue weighted by atomic mass is 32.2. The number of hydrogen-bond donors (Lipinski definition) is 1. The van der Waals surface area contributed by atoms with Crippen LogP contribution >= 0.6 is 0 Å². The lowest BCUT2D eigenvalue weighted by Gasteiger charge is -2.17. The summed E-state index contributed by atoms with van der Waals surface area (Å²) < 4.78 is 80.7. The third-order valence-electron chi connectivity index (χ3n) is 5.25. The van der Waals surface area contributed by atoms with E-state index in [4.69, 9.17) is 0 Å². The summed E-state index contributed by atoms with van der Waals surface area (Å²) in [5.41, 5.74) is 1.11. The largest absolute Gasteiger partial charge is 0.404 e. The average molecular weight is 504 g/mol. The molecule has 0 aliphatic heterocycles. The van der Waals surface area contributed by atoms with Gasteiger partial charge in [0.25, 0.3) is 0 Å². The van der Waals surface area contributed by atoms with Crippen molar-refractivity contribution < 1.29 is 26.0 Å². The fraction of sp³-hybridized carbons (Fsp3) is 0.182. The lowest BCUT2D eigenvalue weighted by Crippen LogP contribution is -2.42.